The van der Waals surface area contributed by atoms with Crippen LogP contribution in [0.25, 0.3) is 0 Å². The minimum absolute atomic E-state index is 0.0599. The van der Waals surface area contributed by atoms with Crippen molar-refractivity contribution in [1.29, 1.82) is 0 Å². The number of nitrogens with two attached hydrogens (primary N) is 1. The van der Waals surface area contributed by atoms with E-state index in [1.165, 1.54) is 19.3 Å². The molecule has 4 heteroatoms. The third kappa shape index (κ3) is 2.52. The number of hydrogen-bond acceptors (Lipinski definition) is 3. The third-order valence-electron chi connectivity index (χ3n) is 5.33. The summed E-state index contributed by atoms with van der Waals surface area (Å²) in [7, 11) is 0. The van der Waals surface area contributed by atoms with Crippen LogP contribution < -0.4 is 11.1 Å². The van der Waals surface area contributed by atoms with Crippen LogP contribution in [0, 0.1) is 17.8 Å². The van der Waals surface area contributed by atoms with Crippen molar-refractivity contribution >= 4 is 5.91 Å². The Labute approximate surface area is 115 Å². The minimum Gasteiger partial charge on any atom is -0.375 e. The molecule has 0 aromatic heterocycles. The van der Waals surface area contributed by atoms with Crippen molar-refractivity contribution < 1.29 is 9.53 Å². The molecule has 1 aliphatic heterocycles. The maximum atomic E-state index is 12.5. The number of carbonyl (C=O) groups excluding carboxylic acids is 1. The lowest BCUT2D eigenvalue weighted by molar-refractivity contribution is -0.130. The quantitative estimate of drug-likeness (QED) is 0.795. The Bertz CT molecular complexity index is 367. The fourth-order valence-electron chi connectivity index (χ4n) is 4.38. The number of hydrogen-bond donors (Lipinski definition) is 2. The average Bonchev–Trinajstić information content (AvgIpc) is 2.87. The predicted molar refractivity (Wildman–Crippen MR) is 73.5 cm³/mol. The van der Waals surface area contributed by atoms with Crippen molar-refractivity contribution in [2.45, 2.75) is 63.6 Å². The summed E-state index contributed by atoms with van der Waals surface area (Å²) in [6.45, 7) is 4.92. The Kier molecular flexibility index (Phi) is 3.34. The molecule has 5 atom stereocenters. The summed E-state index contributed by atoms with van der Waals surface area (Å²) in [6.07, 6.45) is 5.40. The Balaban J connectivity index is 1.59. The molecule has 5 unspecified atom stereocenters. The van der Waals surface area contributed by atoms with Crippen LogP contribution in [0.5, 0.6) is 0 Å². The van der Waals surface area contributed by atoms with Crippen LogP contribution in [-0.4, -0.2) is 30.2 Å². The van der Waals surface area contributed by atoms with Gasteiger partial charge in [0.15, 0.2) is 0 Å². The van der Waals surface area contributed by atoms with Crippen LogP contribution in [0.1, 0.15) is 46.0 Å². The zero-order valence-electron chi connectivity index (χ0n) is 12.0. The second-order valence-corrected chi connectivity index (χ2v) is 7.24. The van der Waals surface area contributed by atoms with Crippen molar-refractivity contribution in [3.63, 3.8) is 0 Å². The van der Waals surface area contributed by atoms with Crippen LogP contribution >= 0.6 is 0 Å². The van der Waals surface area contributed by atoms with Crippen molar-refractivity contribution in [2.24, 2.45) is 23.5 Å². The highest BCUT2D eigenvalue weighted by Crippen LogP contribution is 2.47. The highest BCUT2D eigenvalue weighted by atomic mass is 16.5. The molecule has 3 aliphatic rings. The van der Waals surface area contributed by atoms with Gasteiger partial charge in [-0.1, -0.05) is 0 Å². The summed E-state index contributed by atoms with van der Waals surface area (Å²) in [4.78, 5) is 12.5. The first-order chi connectivity index (χ1) is 8.96. The lowest BCUT2D eigenvalue weighted by Crippen LogP contribution is -2.51. The van der Waals surface area contributed by atoms with Crippen molar-refractivity contribution in [3.05, 3.63) is 0 Å². The largest absolute Gasteiger partial charge is 0.375 e. The molecule has 3 N–H and O–H groups in total. The fourth-order valence-corrected chi connectivity index (χ4v) is 4.38. The third-order valence-corrected chi connectivity index (χ3v) is 5.33. The summed E-state index contributed by atoms with van der Waals surface area (Å²) < 4.78 is 5.70. The zero-order valence-corrected chi connectivity index (χ0v) is 12.0. The van der Waals surface area contributed by atoms with Crippen LogP contribution in [0.4, 0.5) is 0 Å². The smallest absolute Gasteiger partial charge is 0.225 e. The number of nitrogens with one attached hydrogen (secondary N) is 1. The molecule has 19 heavy (non-hydrogen) atoms. The maximum Gasteiger partial charge on any atom is 0.225 e. The van der Waals surface area contributed by atoms with E-state index < -0.39 is 0 Å². The molecule has 0 spiro atoms. The van der Waals surface area contributed by atoms with Gasteiger partial charge in [0.1, 0.15) is 0 Å². The van der Waals surface area contributed by atoms with Gasteiger partial charge in [-0.3, -0.25) is 4.79 Å². The molecule has 2 bridgehead atoms. The maximum absolute atomic E-state index is 12.5. The number of rotatable bonds is 2. The van der Waals surface area contributed by atoms with Crippen molar-refractivity contribution in [1.82, 2.24) is 5.32 Å². The summed E-state index contributed by atoms with van der Waals surface area (Å²) in [5, 5.41) is 3.23. The molecule has 1 amide bonds. The standard InChI is InChI=1S/C15H26N2O2/c1-15(2)8-11(5-6-19-15)17-14(18)12-9-3-4-10(7-9)13(12)16/h9-13H,3-8,16H2,1-2H3,(H,17,18). The Morgan fingerprint density at radius 2 is 2.00 bits per heavy atom. The Morgan fingerprint density at radius 1 is 1.26 bits per heavy atom. The molecular formula is C15H26N2O2. The predicted octanol–water partition coefficient (Wildman–Crippen LogP) is 1.43. The van der Waals surface area contributed by atoms with Gasteiger partial charge in [-0.15, -0.1) is 0 Å². The summed E-state index contributed by atoms with van der Waals surface area (Å²) in [5.41, 5.74) is 6.12. The van der Waals surface area contributed by atoms with E-state index >= 15 is 0 Å². The number of fused-ring (bicyclic) bond motifs is 2. The minimum atomic E-state index is -0.118. The van der Waals surface area contributed by atoms with E-state index in [1.807, 2.05) is 0 Å². The molecule has 0 radical (unpaired) electrons. The highest BCUT2D eigenvalue weighted by Gasteiger charge is 2.49. The molecule has 4 nitrogen and oxygen atoms in total. The lowest BCUT2D eigenvalue weighted by Gasteiger charge is -2.37. The van der Waals surface area contributed by atoms with Gasteiger partial charge < -0.3 is 15.8 Å². The van der Waals surface area contributed by atoms with Crippen LogP contribution in [-0.2, 0) is 9.53 Å². The molecule has 0 aromatic carbocycles. The van der Waals surface area contributed by atoms with Crippen molar-refractivity contribution in [2.75, 3.05) is 6.61 Å². The van der Waals surface area contributed by atoms with Gasteiger partial charge in [-0.25, -0.2) is 0 Å². The van der Waals surface area contributed by atoms with E-state index in [0.29, 0.717) is 11.8 Å². The molecule has 108 valence electrons. The first-order valence-corrected chi connectivity index (χ1v) is 7.66. The van der Waals surface area contributed by atoms with Gasteiger partial charge in [0.25, 0.3) is 0 Å². The first-order valence-electron chi connectivity index (χ1n) is 7.66. The monoisotopic (exact) mass is 266 g/mol. The van der Waals surface area contributed by atoms with E-state index in [1.54, 1.807) is 0 Å². The van der Waals surface area contributed by atoms with Gasteiger partial charge in [-0.2, -0.15) is 0 Å². The van der Waals surface area contributed by atoms with Gasteiger partial charge in [0, 0.05) is 18.7 Å². The van der Waals surface area contributed by atoms with Crippen molar-refractivity contribution in [3.8, 4) is 0 Å². The van der Waals surface area contributed by atoms with E-state index in [0.717, 1.165) is 19.4 Å². The van der Waals surface area contributed by atoms with E-state index in [9.17, 15) is 4.79 Å². The van der Waals surface area contributed by atoms with Crippen LogP contribution in [0.3, 0.4) is 0 Å². The molecule has 1 heterocycles. The molecule has 1 saturated heterocycles. The lowest BCUT2D eigenvalue weighted by atomic mass is 9.83. The van der Waals surface area contributed by atoms with E-state index in [2.05, 4.69) is 19.2 Å². The zero-order chi connectivity index (χ0) is 13.6. The summed E-state index contributed by atoms with van der Waals surface area (Å²) >= 11 is 0. The average molecular weight is 266 g/mol. The number of carbonyl (C=O) groups is 1. The Morgan fingerprint density at radius 3 is 2.63 bits per heavy atom. The molecule has 0 aromatic rings. The Hall–Kier alpha value is -0.610. The van der Waals surface area contributed by atoms with Gasteiger partial charge >= 0.3 is 0 Å². The highest BCUT2D eigenvalue weighted by molar-refractivity contribution is 5.80. The first kappa shape index (κ1) is 13.4. The number of ether oxygens (including phenoxy) is 1. The molecule has 2 aliphatic carbocycles. The normalized spacial score (nSPS) is 44.3. The second kappa shape index (κ2) is 4.74. The fraction of sp³-hybridized carbons (Fsp3) is 0.933. The van der Waals surface area contributed by atoms with Gasteiger partial charge in [-0.05, 0) is 57.8 Å². The second-order valence-electron chi connectivity index (χ2n) is 7.24. The van der Waals surface area contributed by atoms with Gasteiger partial charge in [0.2, 0.25) is 5.91 Å². The number of amides is 1. The topological polar surface area (TPSA) is 64.4 Å². The molecule has 3 rings (SSSR count). The molecule has 2 saturated carbocycles. The van der Waals surface area contributed by atoms with E-state index in [4.69, 9.17) is 10.5 Å². The summed E-state index contributed by atoms with van der Waals surface area (Å²) in [6, 6.07) is 0.342. The van der Waals surface area contributed by atoms with Crippen LogP contribution in [0.2, 0.25) is 0 Å². The van der Waals surface area contributed by atoms with Gasteiger partial charge in [0.05, 0.1) is 11.5 Å². The van der Waals surface area contributed by atoms with Crippen LogP contribution in [0.15, 0.2) is 0 Å². The van der Waals surface area contributed by atoms with E-state index in [-0.39, 0.29) is 29.5 Å². The molecule has 3 fully saturated rings. The summed E-state index contributed by atoms with van der Waals surface area (Å²) in [5.74, 6) is 1.38. The SMILES string of the molecule is CC1(C)CC(NC(=O)C2C3CCC(C3)C2N)CCO1. The molecular weight excluding hydrogens is 240 g/mol.